The van der Waals surface area contributed by atoms with Gasteiger partial charge in [0.2, 0.25) is 5.91 Å². The summed E-state index contributed by atoms with van der Waals surface area (Å²) in [7, 11) is -1.69. The van der Waals surface area contributed by atoms with Crippen molar-refractivity contribution in [3.05, 3.63) is 89.5 Å². The number of rotatable bonds is 8. The zero-order chi connectivity index (χ0) is 24.9. The Hall–Kier alpha value is -3.11. The monoisotopic (exact) mass is 496 g/mol. The van der Waals surface area contributed by atoms with Gasteiger partial charge in [-0.25, -0.2) is 17.3 Å². The van der Waals surface area contributed by atoms with Crippen LogP contribution in [0.25, 0.3) is 11.1 Å². The Morgan fingerprint density at radius 3 is 2.15 bits per heavy atom. The Morgan fingerprint density at radius 2 is 1.56 bits per heavy atom. The third-order valence-electron chi connectivity index (χ3n) is 4.99. The highest BCUT2D eigenvalue weighted by atomic mass is 32.2. The number of amides is 1. The quantitative estimate of drug-likeness (QED) is 0.430. The Labute approximate surface area is 196 Å². The van der Waals surface area contributed by atoms with Gasteiger partial charge >= 0.3 is 6.18 Å². The summed E-state index contributed by atoms with van der Waals surface area (Å²) >= 11 is 0. The van der Waals surface area contributed by atoms with Crippen LogP contribution in [0.15, 0.2) is 71.6 Å². The van der Waals surface area contributed by atoms with Gasteiger partial charge in [-0.15, -0.1) is 0 Å². The van der Waals surface area contributed by atoms with Crippen LogP contribution in [0.1, 0.15) is 18.1 Å². The fraction of sp³-hybridized carbons (Fsp3) is 0.208. The topological polar surface area (TPSA) is 49.4 Å². The molecule has 4 nitrogen and oxygen atoms in total. The predicted octanol–water partition coefficient (Wildman–Crippen LogP) is 5.31. The van der Waals surface area contributed by atoms with Crippen molar-refractivity contribution in [3.63, 3.8) is 0 Å². The van der Waals surface area contributed by atoms with Crippen molar-refractivity contribution in [1.82, 2.24) is 9.62 Å². The van der Waals surface area contributed by atoms with E-state index < -0.39 is 40.3 Å². The second-order valence-corrected chi connectivity index (χ2v) is 8.80. The molecule has 3 aromatic rings. The summed E-state index contributed by atoms with van der Waals surface area (Å²) in [5, 5.41) is 2.56. The van der Waals surface area contributed by atoms with E-state index in [2.05, 4.69) is 5.32 Å². The van der Waals surface area contributed by atoms with Gasteiger partial charge in [-0.1, -0.05) is 25.1 Å². The van der Waals surface area contributed by atoms with E-state index in [0.29, 0.717) is 16.0 Å². The second kappa shape index (κ2) is 10.9. The van der Waals surface area contributed by atoms with Gasteiger partial charge in [-0.05, 0) is 59.7 Å². The van der Waals surface area contributed by atoms with E-state index >= 15 is 0 Å². The molecule has 0 fully saturated rings. The fourth-order valence-electron chi connectivity index (χ4n) is 3.14. The predicted molar refractivity (Wildman–Crippen MR) is 119 cm³/mol. The molecule has 3 aromatic carbocycles. The second-order valence-electron chi connectivity index (χ2n) is 7.32. The van der Waals surface area contributed by atoms with E-state index in [9.17, 15) is 31.0 Å². The van der Waals surface area contributed by atoms with E-state index in [-0.39, 0.29) is 25.2 Å². The van der Waals surface area contributed by atoms with Gasteiger partial charge in [0.25, 0.3) is 0 Å². The summed E-state index contributed by atoms with van der Waals surface area (Å²) in [6, 6.07) is 13.6. The van der Waals surface area contributed by atoms with Crippen LogP contribution in [0.4, 0.5) is 22.0 Å². The fourth-order valence-corrected chi connectivity index (χ4v) is 4.28. The first kappa shape index (κ1) is 25.5. The maximum atomic E-state index is 14.3. The molecule has 1 N–H and O–H groups in total. The Morgan fingerprint density at radius 1 is 0.941 bits per heavy atom. The van der Waals surface area contributed by atoms with E-state index in [0.717, 1.165) is 12.1 Å². The van der Waals surface area contributed by atoms with Gasteiger partial charge < -0.3 is 5.32 Å². The van der Waals surface area contributed by atoms with Gasteiger partial charge in [-0.3, -0.25) is 4.79 Å². The molecule has 0 aromatic heterocycles. The van der Waals surface area contributed by atoms with Crippen LogP contribution in [0.3, 0.4) is 0 Å². The van der Waals surface area contributed by atoms with Crippen LogP contribution in [-0.4, -0.2) is 27.5 Å². The molecule has 1 unspecified atom stereocenters. The molecule has 1 amide bonds. The van der Waals surface area contributed by atoms with Gasteiger partial charge in [0.1, 0.15) is 22.6 Å². The minimum absolute atomic E-state index is 0.147. The van der Waals surface area contributed by atoms with Gasteiger partial charge in [0.15, 0.2) is 0 Å². The summed E-state index contributed by atoms with van der Waals surface area (Å²) in [5.41, 5.74) is 0.317. The smallest absolute Gasteiger partial charge is 0.351 e. The Balaban J connectivity index is 1.65. The lowest BCUT2D eigenvalue weighted by atomic mass is 10.0. The largest absolute Gasteiger partial charge is 0.416 e. The Bertz CT molecular complexity index is 1170. The van der Waals surface area contributed by atoms with Crippen molar-refractivity contribution in [2.24, 2.45) is 0 Å². The number of likely N-dealkylation sites (N-methyl/N-ethyl adjacent to an activating group) is 1. The van der Waals surface area contributed by atoms with Crippen molar-refractivity contribution in [1.29, 1.82) is 0 Å². The van der Waals surface area contributed by atoms with Crippen LogP contribution in [0.2, 0.25) is 0 Å². The number of hydrogen-bond acceptors (Lipinski definition) is 2. The van der Waals surface area contributed by atoms with Crippen LogP contribution >= 0.6 is 0 Å². The molecule has 0 saturated heterocycles. The summed E-state index contributed by atoms with van der Waals surface area (Å²) in [5.74, 6) is -1.56. The molecule has 34 heavy (non-hydrogen) atoms. The highest BCUT2D eigenvalue weighted by Crippen LogP contribution is 2.31. The third-order valence-corrected chi connectivity index (χ3v) is 6.52. The van der Waals surface area contributed by atoms with E-state index in [1.165, 1.54) is 58.9 Å². The maximum Gasteiger partial charge on any atom is 0.416 e. The molecule has 0 bridgehead atoms. The third kappa shape index (κ3) is 6.48. The molecular formula is C24H21F5N2O2S. The molecule has 10 heteroatoms. The van der Waals surface area contributed by atoms with Crippen molar-refractivity contribution >= 4 is 16.9 Å². The van der Waals surface area contributed by atoms with E-state index in [4.69, 9.17) is 0 Å². The SMILES string of the molecule is CCN(CC(=O)NCc1cc(-c2ccc(C(F)(F)F)cc2)ccc1F)S(=O)c1ccc(F)cc1. The molecule has 0 aliphatic heterocycles. The number of nitrogens with one attached hydrogen (secondary N) is 1. The molecule has 0 heterocycles. The van der Waals surface area contributed by atoms with Crippen molar-refractivity contribution in [3.8, 4) is 11.1 Å². The normalized spacial score (nSPS) is 12.6. The first-order valence-corrected chi connectivity index (χ1v) is 11.3. The lowest BCUT2D eigenvalue weighted by molar-refractivity contribution is -0.137. The maximum absolute atomic E-state index is 14.3. The van der Waals surface area contributed by atoms with Gasteiger partial charge in [0, 0.05) is 18.7 Å². The van der Waals surface area contributed by atoms with Crippen LogP contribution in [0.5, 0.6) is 0 Å². The summed E-state index contributed by atoms with van der Waals surface area (Å²) in [6.07, 6.45) is -4.45. The molecule has 0 aliphatic carbocycles. The average molecular weight is 497 g/mol. The van der Waals surface area contributed by atoms with Gasteiger partial charge in [-0.2, -0.15) is 13.2 Å². The lowest BCUT2D eigenvalue weighted by Gasteiger charge is -2.19. The number of alkyl halides is 3. The molecule has 0 saturated carbocycles. The number of halogens is 5. The number of carbonyl (C=O) groups is 1. The standard InChI is InChI=1S/C24H21F5N2O2S/c1-2-31(34(33)21-10-8-20(25)9-11-21)15-23(32)30-14-18-13-17(5-12-22(18)26)16-3-6-19(7-4-16)24(27,28)29/h3-13H,2,14-15H2,1H3,(H,30,32). The number of benzene rings is 3. The highest BCUT2D eigenvalue weighted by molar-refractivity contribution is 7.82. The molecule has 0 spiro atoms. The number of carbonyl (C=O) groups excluding carboxylic acids is 1. The molecular weight excluding hydrogens is 475 g/mol. The highest BCUT2D eigenvalue weighted by Gasteiger charge is 2.30. The number of nitrogens with zero attached hydrogens (tertiary/aromatic N) is 1. The minimum Gasteiger partial charge on any atom is -0.351 e. The molecule has 3 rings (SSSR count). The molecule has 1 atom stereocenters. The Kier molecular flexibility index (Phi) is 8.16. The zero-order valence-corrected chi connectivity index (χ0v) is 18.9. The summed E-state index contributed by atoms with van der Waals surface area (Å²) in [4.78, 5) is 12.7. The average Bonchev–Trinajstić information content (AvgIpc) is 2.81. The molecule has 0 aliphatic rings. The summed E-state index contributed by atoms with van der Waals surface area (Å²) in [6.45, 7) is 1.58. The number of hydrogen-bond donors (Lipinski definition) is 1. The van der Waals surface area contributed by atoms with Crippen LogP contribution in [0, 0.1) is 11.6 Å². The molecule has 180 valence electrons. The first-order chi connectivity index (χ1) is 16.1. The van der Waals surface area contributed by atoms with Gasteiger partial charge in [0.05, 0.1) is 17.0 Å². The van der Waals surface area contributed by atoms with Crippen molar-refractivity contribution in [2.45, 2.75) is 24.5 Å². The zero-order valence-electron chi connectivity index (χ0n) is 18.0. The van der Waals surface area contributed by atoms with Crippen LogP contribution < -0.4 is 5.32 Å². The van der Waals surface area contributed by atoms with E-state index in [1.807, 2.05) is 0 Å². The van der Waals surface area contributed by atoms with Crippen LogP contribution in [-0.2, 0) is 28.5 Å². The van der Waals surface area contributed by atoms with E-state index in [1.54, 1.807) is 6.92 Å². The first-order valence-electron chi connectivity index (χ1n) is 10.2. The lowest BCUT2D eigenvalue weighted by Crippen LogP contribution is -2.38. The van der Waals surface area contributed by atoms with Crippen molar-refractivity contribution in [2.75, 3.05) is 13.1 Å². The molecule has 0 radical (unpaired) electrons. The minimum atomic E-state index is -4.45. The van der Waals surface area contributed by atoms with Crippen molar-refractivity contribution < 1.29 is 31.0 Å². The summed E-state index contributed by atoms with van der Waals surface area (Å²) < 4.78 is 79.7.